The van der Waals surface area contributed by atoms with Crippen LogP contribution in [0.2, 0.25) is 0 Å². The van der Waals surface area contributed by atoms with Crippen LogP contribution >= 0.6 is 15.9 Å². The van der Waals surface area contributed by atoms with Gasteiger partial charge in [0.05, 0.1) is 6.10 Å². The van der Waals surface area contributed by atoms with Crippen LogP contribution in [0, 0.1) is 5.92 Å². The van der Waals surface area contributed by atoms with E-state index in [1.165, 1.54) is 5.84 Å². The SMILES string of the molecule is CCO[C@H](C)CN(C)C(=NC(C)Br)C1CCOCC1. The molecule has 112 valence electrons. The number of alkyl halides is 1. The van der Waals surface area contributed by atoms with E-state index < -0.39 is 0 Å². The number of halogens is 1. The molecule has 1 rings (SSSR count). The van der Waals surface area contributed by atoms with Crippen molar-refractivity contribution >= 4 is 21.8 Å². The Morgan fingerprint density at radius 1 is 1.42 bits per heavy atom. The first-order chi connectivity index (χ1) is 9.04. The van der Waals surface area contributed by atoms with Gasteiger partial charge in [0.15, 0.2) is 0 Å². The molecule has 1 aliphatic rings. The Bertz CT molecular complexity index is 279. The molecule has 0 aromatic carbocycles. The lowest BCUT2D eigenvalue weighted by Gasteiger charge is -2.32. The summed E-state index contributed by atoms with van der Waals surface area (Å²) in [5.41, 5.74) is 0. The van der Waals surface area contributed by atoms with E-state index in [4.69, 9.17) is 14.5 Å². The lowest BCUT2D eigenvalue weighted by molar-refractivity contribution is 0.0589. The number of hydrogen-bond donors (Lipinski definition) is 0. The molecule has 4 nitrogen and oxygen atoms in total. The van der Waals surface area contributed by atoms with E-state index in [0.29, 0.717) is 5.92 Å². The van der Waals surface area contributed by atoms with Gasteiger partial charge in [0.2, 0.25) is 0 Å². The topological polar surface area (TPSA) is 34.1 Å². The fourth-order valence-electron chi connectivity index (χ4n) is 2.47. The van der Waals surface area contributed by atoms with Crippen LogP contribution in [0.25, 0.3) is 0 Å². The summed E-state index contributed by atoms with van der Waals surface area (Å²) < 4.78 is 11.1. The average Bonchev–Trinajstić information content (AvgIpc) is 2.37. The molecule has 0 N–H and O–H groups in total. The van der Waals surface area contributed by atoms with Gasteiger partial charge in [0.25, 0.3) is 0 Å². The fraction of sp³-hybridized carbons (Fsp3) is 0.929. The first-order valence-corrected chi connectivity index (χ1v) is 8.08. The molecule has 0 saturated carbocycles. The minimum Gasteiger partial charge on any atom is -0.381 e. The number of likely N-dealkylation sites (N-methyl/N-ethyl adjacent to an activating group) is 1. The highest BCUT2D eigenvalue weighted by molar-refractivity contribution is 9.09. The van der Waals surface area contributed by atoms with E-state index >= 15 is 0 Å². The maximum atomic E-state index is 5.62. The van der Waals surface area contributed by atoms with Gasteiger partial charge in [-0.15, -0.1) is 0 Å². The third-order valence-electron chi connectivity index (χ3n) is 3.27. The second kappa shape index (κ2) is 8.93. The van der Waals surface area contributed by atoms with Gasteiger partial charge >= 0.3 is 0 Å². The quantitative estimate of drug-likeness (QED) is 0.324. The predicted octanol–water partition coefficient (Wildman–Crippen LogP) is 2.91. The molecular weight excluding hydrogens is 308 g/mol. The third kappa shape index (κ3) is 6.23. The van der Waals surface area contributed by atoms with Gasteiger partial charge in [0.1, 0.15) is 10.8 Å². The van der Waals surface area contributed by atoms with Gasteiger partial charge in [-0.2, -0.15) is 0 Å². The third-order valence-corrected chi connectivity index (χ3v) is 3.47. The Hall–Kier alpha value is -0.130. The van der Waals surface area contributed by atoms with Crippen molar-refractivity contribution in [3.63, 3.8) is 0 Å². The molecule has 1 unspecified atom stereocenters. The lowest BCUT2D eigenvalue weighted by Crippen LogP contribution is -2.40. The monoisotopic (exact) mass is 334 g/mol. The van der Waals surface area contributed by atoms with Gasteiger partial charge in [0, 0.05) is 39.3 Å². The first kappa shape index (κ1) is 16.9. The molecule has 0 spiro atoms. The van der Waals surface area contributed by atoms with E-state index in [1.54, 1.807) is 0 Å². The van der Waals surface area contributed by atoms with Crippen molar-refractivity contribution in [1.29, 1.82) is 0 Å². The second-order valence-electron chi connectivity index (χ2n) is 5.09. The molecule has 0 amide bonds. The Labute approximate surface area is 125 Å². The van der Waals surface area contributed by atoms with Crippen molar-refractivity contribution in [3.05, 3.63) is 0 Å². The molecular formula is C14H27BrN2O2. The van der Waals surface area contributed by atoms with Crippen LogP contribution in [0.15, 0.2) is 4.99 Å². The number of ether oxygens (including phenoxy) is 2. The molecule has 0 aromatic rings. The molecule has 0 aliphatic carbocycles. The summed E-state index contributed by atoms with van der Waals surface area (Å²) in [5.74, 6) is 1.69. The zero-order valence-corrected chi connectivity index (χ0v) is 14.1. The maximum absolute atomic E-state index is 5.62. The Morgan fingerprint density at radius 3 is 2.58 bits per heavy atom. The van der Waals surface area contributed by atoms with Gasteiger partial charge in [-0.05, 0) is 33.6 Å². The zero-order chi connectivity index (χ0) is 14.3. The van der Waals surface area contributed by atoms with Crippen LogP contribution in [-0.4, -0.2) is 55.2 Å². The van der Waals surface area contributed by atoms with Crippen molar-refractivity contribution in [2.45, 2.75) is 44.7 Å². The van der Waals surface area contributed by atoms with Crippen LogP contribution in [0.4, 0.5) is 0 Å². The van der Waals surface area contributed by atoms with Crippen LogP contribution in [0.3, 0.4) is 0 Å². The van der Waals surface area contributed by atoms with Crippen LogP contribution in [0.1, 0.15) is 33.6 Å². The molecule has 5 heteroatoms. The summed E-state index contributed by atoms with van der Waals surface area (Å²) in [4.78, 5) is 7.15. The Balaban J connectivity index is 2.67. The van der Waals surface area contributed by atoms with Gasteiger partial charge in [-0.3, -0.25) is 4.99 Å². The lowest BCUT2D eigenvalue weighted by atomic mass is 9.98. The first-order valence-electron chi connectivity index (χ1n) is 7.16. The van der Waals surface area contributed by atoms with E-state index in [-0.39, 0.29) is 11.1 Å². The molecule has 2 atom stereocenters. The molecule has 0 radical (unpaired) electrons. The Morgan fingerprint density at radius 2 is 2.05 bits per heavy atom. The summed E-state index contributed by atoms with van der Waals surface area (Å²) in [6.45, 7) is 9.52. The Kier molecular flexibility index (Phi) is 7.95. The molecule has 1 saturated heterocycles. The molecule has 1 aliphatic heterocycles. The molecule has 0 aromatic heterocycles. The summed E-state index contributed by atoms with van der Waals surface area (Å²) in [5, 5.41) is 0. The van der Waals surface area contributed by atoms with Crippen molar-refractivity contribution < 1.29 is 9.47 Å². The average molecular weight is 335 g/mol. The number of amidine groups is 1. The highest BCUT2D eigenvalue weighted by Crippen LogP contribution is 2.20. The summed E-state index contributed by atoms with van der Waals surface area (Å²) in [6, 6.07) is 0. The van der Waals surface area contributed by atoms with Gasteiger partial charge in [-0.1, -0.05) is 15.9 Å². The van der Waals surface area contributed by atoms with E-state index in [9.17, 15) is 0 Å². The van der Waals surface area contributed by atoms with Crippen LogP contribution in [0.5, 0.6) is 0 Å². The predicted molar refractivity (Wildman–Crippen MR) is 83.1 cm³/mol. The number of nitrogens with zero attached hydrogens (tertiary/aromatic N) is 2. The molecule has 1 fully saturated rings. The number of aliphatic imine (C=N–C) groups is 1. The smallest absolute Gasteiger partial charge is 0.104 e. The van der Waals surface area contributed by atoms with Crippen molar-refractivity contribution in [2.24, 2.45) is 10.9 Å². The highest BCUT2D eigenvalue weighted by Gasteiger charge is 2.24. The normalized spacial score (nSPS) is 21.2. The van der Waals surface area contributed by atoms with Gasteiger partial charge in [-0.25, -0.2) is 0 Å². The minimum atomic E-state index is 0.148. The highest BCUT2D eigenvalue weighted by atomic mass is 79.9. The van der Waals surface area contributed by atoms with Crippen molar-refractivity contribution in [2.75, 3.05) is 33.4 Å². The standard InChI is InChI=1S/C14H27BrN2O2/c1-5-19-11(2)10-17(4)14(16-12(3)15)13-6-8-18-9-7-13/h11-13H,5-10H2,1-4H3/t11-,12?/m1/s1. The van der Waals surface area contributed by atoms with Crippen molar-refractivity contribution in [3.8, 4) is 0 Å². The summed E-state index contributed by atoms with van der Waals surface area (Å²) in [6.07, 6.45) is 2.35. The van der Waals surface area contributed by atoms with Crippen LogP contribution in [-0.2, 0) is 9.47 Å². The summed E-state index contributed by atoms with van der Waals surface area (Å²) >= 11 is 3.53. The summed E-state index contributed by atoms with van der Waals surface area (Å²) in [7, 11) is 2.11. The van der Waals surface area contributed by atoms with Crippen LogP contribution < -0.4 is 0 Å². The molecule has 1 heterocycles. The van der Waals surface area contributed by atoms with E-state index in [2.05, 4.69) is 41.7 Å². The number of hydrogen-bond acceptors (Lipinski definition) is 3. The number of rotatable bonds is 6. The minimum absolute atomic E-state index is 0.148. The maximum Gasteiger partial charge on any atom is 0.104 e. The fourth-order valence-corrected chi connectivity index (χ4v) is 2.68. The molecule has 19 heavy (non-hydrogen) atoms. The van der Waals surface area contributed by atoms with Crippen molar-refractivity contribution in [1.82, 2.24) is 4.90 Å². The van der Waals surface area contributed by atoms with Gasteiger partial charge < -0.3 is 14.4 Å². The van der Waals surface area contributed by atoms with E-state index in [1.807, 2.05) is 6.92 Å². The van der Waals surface area contributed by atoms with E-state index in [0.717, 1.165) is 39.2 Å². The largest absolute Gasteiger partial charge is 0.381 e. The zero-order valence-electron chi connectivity index (χ0n) is 12.6. The second-order valence-corrected chi connectivity index (χ2v) is 6.42. The molecule has 0 bridgehead atoms.